The fraction of sp³-hybridized carbons (Fsp3) is 0.636. The SMILES string of the molecule is COO/C=N/[C@@H](Cn1cccn1)C(C)(C)C. The van der Waals surface area contributed by atoms with E-state index in [2.05, 4.69) is 40.6 Å². The Kier molecular flexibility index (Phi) is 4.49. The van der Waals surface area contributed by atoms with Gasteiger partial charge in [0.25, 0.3) is 0 Å². The van der Waals surface area contributed by atoms with Crippen molar-refractivity contribution in [2.24, 2.45) is 10.4 Å². The molecule has 0 aliphatic heterocycles. The second-order valence-electron chi connectivity index (χ2n) is 4.63. The van der Waals surface area contributed by atoms with Gasteiger partial charge in [0.05, 0.1) is 19.7 Å². The first-order valence-corrected chi connectivity index (χ1v) is 5.22. The average molecular weight is 225 g/mol. The van der Waals surface area contributed by atoms with Gasteiger partial charge in [0.1, 0.15) is 0 Å². The Bertz CT molecular complexity index is 314. The van der Waals surface area contributed by atoms with Crippen molar-refractivity contribution in [3.63, 3.8) is 0 Å². The highest BCUT2D eigenvalue weighted by atomic mass is 17.2. The van der Waals surface area contributed by atoms with Crippen LogP contribution in [0.25, 0.3) is 0 Å². The molecule has 0 amide bonds. The monoisotopic (exact) mass is 225 g/mol. The zero-order valence-electron chi connectivity index (χ0n) is 10.3. The number of hydrogen-bond donors (Lipinski definition) is 0. The topological polar surface area (TPSA) is 48.6 Å². The number of aromatic nitrogens is 2. The molecule has 0 saturated heterocycles. The molecule has 0 fully saturated rings. The molecule has 1 heterocycles. The van der Waals surface area contributed by atoms with E-state index in [9.17, 15) is 0 Å². The van der Waals surface area contributed by atoms with Crippen LogP contribution < -0.4 is 0 Å². The van der Waals surface area contributed by atoms with E-state index in [1.807, 2.05) is 16.9 Å². The minimum absolute atomic E-state index is 0.0412. The Labute approximate surface area is 96.0 Å². The van der Waals surface area contributed by atoms with Crippen LogP contribution in [0.15, 0.2) is 23.5 Å². The molecule has 1 aromatic rings. The first-order chi connectivity index (χ1) is 7.54. The van der Waals surface area contributed by atoms with Crippen molar-refractivity contribution < 1.29 is 9.78 Å². The third-order valence-electron chi connectivity index (χ3n) is 2.30. The lowest BCUT2D eigenvalue weighted by Crippen LogP contribution is -2.29. The molecule has 0 spiro atoms. The summed E-state index contributed by atoms with van der Waals surface area (Å²) in [5.74, 6) is 0. The molecule has 16 heavy (non-hydrogen) atoms. The van der Waals surface area contributed by atoms with Crippen LogP contribution in [0.3, 0.4) is 0 Å². The Morgan fingerprint density at radius 3 is 2.75 bits per heavy atom. The quantitative estimate of drug-likeness (QED) is 0.333. The second-order valence-corrected chi connectivity index (χ2v) is 4.63. The standard InChI is InChI=1S/C11H19N3O2/c1-11(2,3)10(12-9-16-15-4)8-14-7-5-6-13-14/h5-7,9-10H,8H2,1-4H3/b12-9+/t10-/m0/s1. The highest BCUT2D eigenvalue weighted by Gasteiger charge is 2.24. The molecule has 5 nitrogen and oxygen atoms in total. The lowest BCUT2D eigenvalue weighted by molar-refractivity contribution is -0.188. The number of nitrogens with zero attached hydrogens (tertiary/aromatic N) is 3. The van der Waals surface area contributed by atoms with Gasteiger partial charge in [-0.3, -0.25) is 4.68 Å². The molecule has 5 heteroatoms. The van der Waals surface area contributed by atoms with E-state index in [1.165, 1.54) is 13.5 Å². The van der Waals surface area contributed by atoms with Gasteiger partial charge in [-0.2, -0.15) is 9.99 Å². The number of rotatable bonds is 5. The molecule has 0 aliphatic carbocycles. The molecule has 0 bridgehead atoms. The minimum atomic E-state index is 0.0412. The molecule has 0 radical (unpaired) electrons. The molecule has 90 valence electrons. The predicted octanol–water partition coefficient (Wildman–Crippen LogP) is 1.90. The van der Waals surface area contributed by atoms with E-state index in [0.717, 1.165) is 6.54 Å². The smallest absolute Gasteiger partial charge is 0.215 e. The summed E-state index contributed by atoms with van der Waals surface area (Å²) in [6.45, 7) is 7.11. The summed E-state index contributed by atoms with van der Waals surface area (Å²) in [6, 6.07) is 1.98. The highest BCUT2D eigenvalue weighted by Crippen LogP contribution is 2.23. The fourth-order valence-corrected chi connectivity index (χ4v) is 1.27. The largest absolute Gasteiger partial charge is 0.326 e. The van der Waals surface area contributed by atoms with Gasteiger partial charge in [0, 0.05) is 12.4 Å². The van der Waals surface area contributed by atoms with Crippen molar-refractivity contribution in [2.45, 2.75) is 33.4 Å². The van der Waals surface area contributed by atoms with Gasteiger partial charge in [0.15, 0.2) is 0 Å². The maximum atomic E-state index is 4.66. The summed E-state index contributed by atoms with van der Waals surface area (Å²) in [5, 5.41) is 4.17. The van der Waals surface area contributed by atoms with E-state index >= 15 is 0 Å². The van der Waals surface area contributed by atoms with E-state index < -0.39 is 0 Å². The third kappa shape index (κ3) is 4.02. The van der Waals surface area contributed by atoms with Gasteiger partial charge < -0.3 is 4.89 Å². The van der Waals surface area contributed by atoms with E-state index in [1.54, 1.807) is 6.20 Å². The van der Waals surface area contributed by atoms with Gasteiger partial charge in [-0.1, -0.05) is 20.8 Å². The maximum Gasteiger partial charge on any atom is 0.215 e. The van der Waals surface area contributed by atoms with Crippen molar-refractivity contribution in [1.29, 1.82) is 0 Å². The maximum absolute atomic E-state index is 4.66. The van der Waals surface area contributed by atoms with Crippen LogP contribution in [0.4, 0.5) is 0 Å². The Morgan fingerprint density at radius 1 is 1.50 bits per heavy atom. The van der Waals surface area contributed by atoms with Crippen molar-refractivity contribution >= 4 is 6.40 Å². The third-order valence-corrected chi connectivity index (χ3v) is 2.30. The summed E-state index contributed by atoms with van der Waals surface area (Å²) in [6.07, 6.45) is 5.01. The first kappa shape index (κ1) is 12.7. The molecule has 1 rings (SSSR count). The van der Waals surface area contributed by atoms with Crippen LogP contribution >= 0.6 is 0 Å². The molecule has 1 aromatic heterocycles. The van der Waals surface area contributed by atoms with Crippen molar-refractivity contribution in [1.82, 2.24) is 9.78 Å². The lowest BCUT2D eigenvalue weighted by Gasteiger charge is -2.26. The minimum Gasteiger partial charge on any atom is -0.326 e. The van der Waals surface area contributed by atoms with E-state index in [-0.39, 0.29) is 11.5 Å². The lowest BCUT2D eigenvalue weighted by atomic mass is 9.87. The molecule has 0 aliphatic rings. The van der Waals surface area contributed by atoms with Gasteiger partial charge in [0.2, 0.25) is 6.40 Å². The molecule has 0 aromatic carbocycles. The summed E-state index contributed by atoms with van der Waals surface area (Å²) < 4.78 is 1.86. The number of hydrogen-bond acceptors (Lipinski definition) is 4. The van der Waals surface area contributed by atoms with Gasteiger partial charge in [-0.25, -0.2) is 4.99 Å². The predicted molar refractivity (Wildman–Crippen MR) is 62.1 cm³/mol. The molecule has 0 saturated carbocycles. The van der Waals surface area contributed by atoms with Crippen molar-refractivity contribution in [3.05, 3.63) is 18.5 Å². The first-order valence-electron chi connectivity index (χ1n) is 5.22. The van der Waals surface area contributed by atoms with Crippen molar-refractivity contribution in [3.8, 4) is 0 Å². The van der Waals surface area contributed by atoms with Gasteiger partial charge >= 0.3 is 0 Å². The normalized spacial score (nSPS) is 14.2. The summed E-state index contributed by atoms with van der Waals surface area (Å²) in [7, 11) is 1.45. The van der Waals surface area contributed by atoms with Crippen LogP contribution in [0, 0.1) is 5.41 Å². The van der Waals surface area contributed by atoms with Crippen LogP contribution in [-0.4, -0.2) is 29.3 Å². The molecule has 1 atom stereocenters. The zero-order chi connectivity index (χ0) is 12.0. The summed E-state index contributed by atoms with van der Waals surface area (Å²) >= 11 is 0. The Morgan fingerprint density at radius 2 is 2.25 bits per heavy atom. The van der Waals surface area contributed by atoms with Crippen LogP contribution in [0.5, 0.6) is 0 Å². The Balaban J connectivity index is 2.65. The fourth-order valence-electron chi connectivity index (χ4n) is 1.27. The Hall–Kier alpha value is -1.36. The summed E-state index contributed by atoms with van der Waals surface area (Å²) in [4.78, 5) is 13.5. The van der Waals surface area contributed by atoms with Crippen LogP contribution in [0.2, 0.25) is 0 Å². The number of aliphatic imine (C=N–C) groups is 1. The van der Waals surface area contributed by atoms with E-state index in [0.29, 0.717) is 0 Å². The van der Waals surface area contributed by atoms with Gasteiger partial charge in [-0.05, 0) is 11.5 Å². The molecular weight excluding hydrogens is 206 g/mol. The zero-order valence-corrected chi connectivity index (χ0v) is 10.3. The molecule has 0 unspecified atom stereocenters. The molecule has 0 N–H and O–H groups in total. The summed E-state index contributed by atoms with van der Waals surface area (Å²) in [5.41, 5.74) is 0.0412. The molecular formula is C11H19N3O2. The van der Waals surface area contributed by atoms with Crippen LogP contribution in [-0.2, 0) is 16.3 Å². The average Bonchev–Trinajstić information content (AvgIpc) is 2.67. The van der Waals surface area contributed by atoms with Gasteiger partial charge in [-0.15, -0.1) is 0 Å². The van der Waals surface area contributed by atoms with Crippen LogP contribution in [0.1, 0.15) is 20.8 Å². The highest BCUT2D eigenvalue weighted by molar-refractivity contribution is 5.45. The second kappa shape index (κ2) is 5.65. The van der Waals surface area contributed by atoms with E-state index in [4.69, 9.17) is 0 Å². The van der Waals surface area contributed by atoms with Crippen molar-refractivity contribution in [2.75, 3.05) is 7.11 Å².